The predicted molar refractivity (Wildman–Crippen MR) is 82.6 cm³/mol. The van der Waals surface area contributed by atoms with Crippen molar-refractivity contribution < 1.29 is 9.53 Å². The second-order valence-electron chi connectivity index (χ2n) is 5.42. The summed E-state index contributed by atoms with van der Waals surface area (Å²) in [6.45, 7) is 2.24. The van der Waals surface area contributed by atoms with Crippen molar-refractivity contribution in [2.45, 2.75) is 26.2 Å². The molecule has 1 aromatic heterocycles. The SMILES string of the molecule is COc1ccc2c(c1)CCc1c(CCNC(C)=O)c[nH]c1-2. The van der Waals surface area contributed by atoms with Crippen molar-refractivity contribution in [1.29, 1.82) is 0 Å². The second kappa shape index (κ2) is 5.64. The molecule has 1 aromatic carbocycles. The van der Waals surface area contributed by atoms with Gasteiger partial charge in [-0.3, -0.25) is 4.79 Å². The van der Waals surface area contributed by atoms with Crippen LogP contribution in [0.1, 0.15) is 23.6 Å². The number of carbonyl (C=O) groups excluding carboxylic acids is 1. The van der Waals surface area contributed by atoms with Crippen LogP contribution in [0, 0.1) is 0 Å². The number of benzene rings is 1. The van der Waals surface area contributed by atoms with Crippen molar-refractivity contribution >= 4 is 5.91 Å². The fourth-order valence-electron chi connectivity index (χ4n) is 3.02. The average Bonchev–Trinajstić information content (AvgIpc) is 2.90. The maximum absolute atomic E-state index is 11.0. The van der Waals surface area contributed by atoms with E-state index in [9.17, 15) is 4.79 Å². The van der Waals surface area contributed by atoms with E-state index in [1.807, 2.05) is 6.07 Å². The summed E-state index contributed by atoms with van der Waals surface area (Å²) in [5.74, 6) is 0.937. The molecular weight excluding hydrogens is 264 g/mol. The molecule has 0 fully saturated rings. The number of H-pyrrole nitrogens is 1. The number of hydrogen-bond acceptors (Lipinski definition) is 2. The molecule has 3 rings (SSSR count). The van der Waals surface area contributed by atoms with E-state index in [4.69, 9.17) is 4.74 Å². The molecule has 0 saturated heterocycles. The maximum atomic E-state index is 11.0. The van der Waals surface area contributed by atoms with Crippen LogP contribution < -0.4 is 10.1 Å². The Morgan fingerprint density at radius 1 is 1.38 bits per heavy atom. The molecule has 1 aliphatic carbocycles. The number of rotatable bonds is 4. The number of aryl methyl sites for hydroxylation is 1. The zero-order valence-electron chi connectivity index (χ0n) is 12.5. The van der Waals surface area contributed by atoms with E-state index in [1.54, 1.807) is 14.0 Å². The fraction of sp³-hybridized carbons (Fsp3) is 0.353. The third kappa shape index (κ3) is 2.66. The van der Waals surface area contributed by atoms with Gasteiger partial charge in [0.25, 0.3) is 0 Å². The normalized spacial score (nSPS) is 12.5. The molecule has 0 radical (unpaired) electrons. The maximum Gasteiger partial charge on any atom is 0.216 e. The largest absolute Gasteiger partial charge is 0.497 e. The molecule has 1 heterocycles. The summed E-state index contributed by atoms with van der Waals surface area (Å²) in [6, 6.07) is 6.25. The zero-order chi connectivity index (χ0) is 14.8. The molecular formula is C17H20N2O2. The molecule has 1 aliphatic rings. The predicted octanol–water partition coefficient (Wildman–Crippen LogP) is 2.47. The van der Waals surface area contributed by atoms with Gasteiger partial charge in [0.15, 0.2) is 0 Å². The number of fused-ring (bicyclic) bond motifs is 3. The average molecular weight is 284 g/mol. The smallest absolute Gasteiger partial charge is 0.216 e. The molecule has 4 nitrogen and oxygen atoms in total. The van der Waals surface area contributed by atoms with Crippen molar-refractivity contribution in [2.24, 2.45) is 0 Å². The van der Waals surface area contributed by atoms with Crippen LogP contribution in [0.25, 0.3) is 11.3 Å². The number of aromatic nitrogens is 1. The monoisotopic (exact) mass is 284 g/mol. The van der Waals surface area contributed by atoms with Gasteiger partial charge in [0.2, 0.25) is 5.91 Å². The van der Waals surface area contributed by atoms with Crippen molar-refractivity contribution in [3.05, 3.63) is 41.1 Å². The van der Waals surface area contributed by atoms with Crippen molar-refractivity contribution in [1.82, 2.24) is 10.3 Å². The molecule has 4 heteroatoms. The minimum absolute atomic E-state index is 0.0249. The summed E-state index contributed by atoms with van der Waals surface area (Å²) in [4.78, 5) is 14.4. The topological polar surface area (TPSA) is 54.1 Å². The molecule has 21 heavy (non-hydrogen) atoms. The van der Waals surface area contributed by atoms with E-state index >= 15 is 0 Å². The van der Waals surface area contributed by atoms with E-state index < -0.39 is 0 Å². The Bertz CT molecular complexity index is 673. The van der Waals surface area contributed by atoms with E-state index in [0.29, 0.717) is 6.54 Å². The van der Waals surface area contributed by atoms with E-state index in [0.717, 1.165) is 25.0 Å². The van der Waals surface area contributed by atoms with Gasteiger partial charge in [0.1, 0.15) is 5.75 Å². The highest BCUT2D eigenvalue weighted by atomic mass is 16.5. The molecule has 2 N–H and O–H groups in total. The Kier molecular flexibility index (Phi) is 3.69. The van der Waals surface area contributed by atoms with Gasteiger partial charge in [-0.15, -0.1) is 0 Å². The minimum Gasteiger partial charge on any atom is -0.497 e. The molecule has 0 saturated carbocycles. The minimum atomic E-state index is 0.0249. The number of nitrogens with one attached hydrogen (secondary N) is 2. The highest BCUT2D eigenvalue weighted by Gasteiger charge is 2.20. The molecule has 0 aliphatic heterocycles. The van der Waals surface area contributed by atoms with Crippen LogP contribution in [-0.4, -0.2) is 24.5 Å². The number of ether oxygens (including phenoxy) is 1. The van der Waals surface area contributed by atoms with Crippen LogP contribution in [0.15, 0.2) is 24.4 Å². The summed E-state index contributed by atoms with van der Waals surface area (Å²) in [5, 5.41) is 2.86. The third-order valence-electron chi connectivity index (χ3n) is 4.07. The Morgan fingerprint density at radius 3 is 3.00 bits per heavy atom. The van der Waals surface area contributed by atoms with E-state index in [2.05, 4.69) is 28.6 Å². The Labute approximate surface area is 124 Å². The highest BCUT2D eigenvalue weighted by Crippen LogP contribution is 2.36. The third-order valence-corrected chi connectivity index (χ3v) is 4.07. The first kappa shape index (κ1) is 13.7. The van der Waals surface area contributed by atoms with Crippen molar-refractivity contribution in [3.63, 3.8) is 0 Å². The van der Waals surface area contributed by atoms with Crippen LogP contribution in [0.3, 0.4) is 0 Å². The molecule has 110 valence electrons. The quantitative estimate of drug-likeness (QED) is 0.906. The zero-order valence-corrected chi connectivity index (χ0v) is 12.5. The summed E-state index contributed by atoms with van der Waals surface area (Å²) >= 11 is 0. The number of carbonyl (C=O) groups is 1. The first-order chi connectivity index (χ1) is 10.2. The van der Waals surface area contributed by atoms with Crippen LogP contribution in [-0.2, 0) is 24.1 Å². The van der Waals surface area contributed by atoms with Crippen molar-refractivity contribution in [2.75, 3.05) is 13.7 Å². The van der Waals surface area contributed by atoms with Crippen LogP contribution in [0.4, 0.5) is 0 Å². The highest BCUT2D eigenvalue weighted by molar-refractivity contribution is 5.73. The van der Waals surface area contributed by atoms with Gasteiger partial charge in [0.05, 0.1) is 7.11 Å². The molecule has 1 amide bonds. The van der Waals surface area contributed by atoms with E-state index in [-0.39, 0.29) is 5.91 Å². The van der Waals surface area contributed by atoms with Crippen LogP contribution in [0.2, 0.25) is 0 Å². The van der Waals surface area contributed by atoms with Gasteiger partial charge in [-0.25, -0.2) is 0 Å². The van der Waals surface area contributed by atoms with Crippen LogP contribution in [0.5, 0.6) is 5.75 Å². The molecule has 2 aromatic rings. The number of hydrogen-bond donors (Lipinski definition) is 2. The van der Waals surface area contributed by atoms with Gasteiger partial charge in [-0.2, -0.15) is 0 Å². The lowest BCUT2D eigenvalue weighted by atomic mass is 9.88. The lowest BCUT2D eigenvalue weighted by molar-refractivity contribution is -0.118. The number of methoxy groups -OCH3 is 1. The molecule has 0 unspecified atom stereocenters. The molecule has 0 atom stereocenters. The second-order valence-corrected chi connectivity index (χ2v) is 5.42. The summed E-state index contributed by atoms with van der Waals surface area (Å²) in [7, 11) is 1.70. The Morgan fingerprint density at radius 2 is 2.24 bits per heavy atom. The van der Waals surface area contributed by atoms with E-state index in [1.165, 1.54) is 27.9 Å². The Hall–Kier alpha value is -2.23. The summed E-state index contributed by atoms with van der Waals surface area (Å²) in [6.07, 6.45) is 5.02. The first-order valence-corrected chi connectivity index (χ1v) is 7.30. The van der Waals surface area contributed by atoms with Gasteiger partial charge in [-0.1, -0.05) is 0 Å². The van der Waals surface area contributed by atoms with Gasteiger partial charge < -0.3 is 15.0 Å². The van der Waals surface area contributed by atoms with Crippen LogP contribution >= 0.6 is 0 Å². The first-order valence-electron chi connectivity index (χ1n) is 7.30. The van der Waals surface area contributed by atoms with Gasteiger partial charge >= 0.3 is 0 Å². The number of amides is 1. The summed E-state index contributed by atoms with van der Waals surface area (Å²) in [5.41, 5.74) is 6.51. The fourth-order valence-corrected chi connectivity index (χ4v) is 3.02. The lowest BCUT2D eigenvalue weighted by Crippen LogP contribution is -2.22. The van der Waals surface area contributed by atoms with Gasteiger partial charge in [-0.05, 0) is 54.2 Å². The number of aromatic amines is 1. The standard InChI is InChI=1S/C17H20N2O2/c1-11(20)18-8-7-13-10-19-17-15-6-4-14(21-2)9-12(15)3-5-16(13)17/h4,6,9-10,19H,3,5,7-8H2,1-2H3,(H,18,20). The van der Waals surface area contributed by atoms with Crippen molar-refractivity contribution in [3.8, 4) is 17.0 Å². The lowest BCUT2D eigenvalue weighted by Gasteiger charge is -2.18. The van der Waals surface area contributed by atoms with Gasteiger partial charge in [0, 0.05) is 30.9 Å². The Balaban J connectivity index is 1.85. The summed E-state index contributed by atoms with van der Waals surface area (Å²) < 4.78 is 5.30. The molecule has 0 bridgehead atoms. The molecule has 0 spiro atoms.